The molecule has 2 aliphatic rings. The van der Waals surface area contributed by atoms with Crippen molar-refractivity contribution >= 4 is 17.5 Å². The summed E-state index contributed by atoms with van der Waals surface area (Å²) in [7, 11) is 8.43. The second kappa shape index (κ2) is 6.15. The number of allylic oxidation sites excluding steroid dienone is 3. The lowest BCUT2D eigenvalue weighted by atomic mass is 9.92. The molecule has 1 aromatic rings. The summed E-state index contributed by atoms with van der Waals surface area (Å²) in [5.41, 5.74) is 7.99. The van der Waals surface area contributed by atoms with Gasteiger partial charge in [0.15, 0.2) is 0 Å². The van der Waals surface area contributed by atoms with Crippen LogP contribution in [0.2, 0.25) is 0 Å². The zero-order valence-corrected chi connectivity index (χ0v) is 14.9. The third-order valence-electron chi connectivity index (χ3n) is 4.55. The summed E-state index contributed by atoms with van der Waals surface area (Å²) in [5, 5.41) is 0. The third-order valence-corrected chi connectivity index (χ3v) is 4.55. The monoisotopic (exact) mass is 309 g/mol. The molecule has 0 saturated heterocycles. The summed E-state index contributed by atoms with van der Waals surface area (Å²) in [4.78, 5) is 6.86. The van der Waals surface area contributed by atoms with Crippen molar-refractivity contribution < 1.29 is 0 Å². The Hall–Kier alpha value is -2.16. The van der Waals surface area contributed by atoms with Gasteiger partial charge in [0.1, 0.15) is 0 Å². The second-order valence-electron chi connectivity index (χ2n) is 6.72. The lowest BCUT2D eigenvalue weighted by Crippen LogP contribution is -2.30. The highest BCUT2D eigenvalue weighted by Gasteiger charge is 2.25. The first-order valence-corrected chi connectivity index (χ1v) is 8.40. The van der Waals surface area contributed by atoms with Crippen molar-refractivity contribution in [2.24, 2.45) is 0 Å². The maximum Gasteiger partial charge on any atom is 0.0505 e. The highest BCUT2D eigenvalue weighted by molar-refractivity contribution is 5.82. The van der Waals surface area contributed by atoms with Crippen molar-refractivity contribution in [3.63, 3.8) is 0 Å². The van der Waals surface area contributed by atoms with Crippen molar-refractivity contribution in [2.75, 3.05) is 44.5 Å². The Balaban J connectivity index is 2.10. The van der Waals surface area contributed by atoms with E-state index < -0.39 is 0 Å². The van der Waals surface area contributed by atoms with Crippen molar-refractivity contribution in [1.82, 2.24) is 4.90 Å². The molecule has 0 spiro atoms. The molecule has 0 amide bonds. The molecule has 0 N–H and O–H groups in total. The van der Waals surface area contributed by atoms with Crippen LogP contribution in [0.5, 0.6) is 0 Å². The standard InChI is InChI=1S/C20H27N3/c1-6-11-23-19-13-17(21(2)3)9-7-15(19)12-16-8-10-18(22(4)5)14-20(16)23/h7,9-10,12-14H,6,8,11H2,1-5H3. The molecule has 3 heteroatoms. The van der Waals surface area contributed by atoms with Crippen LogP contribution in [0.1, 0.15) is 25.3 Å². The highest BCUT2D eigenvalue weighted by atomic mass is 15.2. The van der Waals surface area contributed by atoms with Gasteiger partial charge in [-0.05, 0) is 48.3 Å². The molecule has 3 nitrogen and oxygen atoms in total. The first-order valence-electron chi connectivity index (χ1n) is 8.40. The zero-order chi connectivity index (χ0) is 16.6. The lowest BCUT2D eigenvalue weighted by Gasteiger charge is -2.36. The quantitative estimate of drug-likeness (QED) is 0.829. The van der Waals surface area contributed by atoms with Crippen LogP contribution < -0.4 is 9.80 Å². The number of hydrogen-bond acceptors (Lipinski definition) is 3. The smallest absolute Gasteiger partial charge is 0.0505 e. The summed E-state index contributed by atoms with van der Waals surface area (Å²) in [5.74, 6) is 0. The van der Waals surface area contributed by atoms with E-state index in [0.717, 1.165) is 19.4 Å². The van der Waals surface area contributed by atoms with Crippen molar-refractivity contribution in [3.8, 4) is 0 Å². The van der Waals surface area contributed by atoms with Gasteiger partial charge in [0.25, 0.3) is 0 Å². The molecule has 23 heavy (non-hydrogen) atoms. The van der Waals surface area contributed by atoms with E-state index in [9.17, 15) is 0 Å². The summed E-state index contributed by atoms with van der Waals surface area (Å²) >= 11 is 0. The third kappa shape index (κ3) is 2.88. The Kier molecular flexibility index (Phi) is 4.20. The van der Waals surface area contributed by atoms with Crippen molar-refractivity contribution in [1.29, 1.82) is 0 Å². The maximum absolute atomic E-state index is 2.49. The van der Waals surface area contributed by atoms with Gasteiger partial charge in [-0.15, -0.1) is 0 Å². The Morgan fingerprint density at radius 2 is 1.83 bits per heavy atom. The number of hydrogen-bond donors (Lipinski definition) is 0. The number of anilines is 2. The minimum absolute atomic E-state index is 1.01. The van der Waals surface area contributed by atoms with Crippen LogP contribution in [0.25, 0.3) is 6.08 Å². The van der Waals surface area contributed by atoms with E-state index in [1.807, 2.05) is 0 Å². The van der Waals surface area contributed by atoms with Crippen LogP contribution >= 0.6 is 0 Å². The Bertz CT molecular complexity index is 693. The molecule has 1 heterocycles. The zero-order valence-electron chi connectivity index (χ0n) is 14.9. The van der Waals surface area contributed by atoms with Gasteiger partial charge in [-0.25, -0.2) is 0 Å². The average Bonchev–Trinajstić information content (AvgIpc) is 2.53. The summed E-state index contributed by atoms with van der Waals surface area (Å²) in [6.07, 6.45) is 9.15. The van der Waals surface area contributed by atoms with E-state index in [2.05, 4.69) is 86.2 Å². The van der Waals surface area contributed by atoms with E-state index >= 15 is 0 Å². The highest BCUT2D eigenvalue weighted by Crippen LogP contribution is 2.40. The molecule has 0 atom stereocenters. The predicted octanol–water partition coefficient (Wildman–Crippen LogP) is 4.10. The van der Waals surface area contributed by atoms with E-state index in [-0.39, 0.29) is 0 Å². The molecular weight excluding hydrogens is 282 g/mol. The molecule has 0 fully saturated rings. The number of fused-ring (bicyclic) bond motifs is 2. The van der Waals surface area contributed by atoms with Crippen molar-refractivity contribution in [3.05, 3.63) is 52.9 Å². The summed E-state index contributed by atoms with van der Waals surface area (Å²) in [6.45, 7) is 3.30. The second-order valence-corrected chi connectivity index (χ2v) is 6.72. The molecular formula is C20H27N3. The van der Waals surface area contributed by atoms with Crippen molar-refractivity contribution in [2.45, 2.75) is 19.8 Å². The SMILES string of the molecule is CCCN1C2=CC(N(C)C)=CCC2=Cc2ccc(N(C)C)cc21. The molecule has 0 aromatic heterocycles. The fourth-order valence-electron chi connectivity index (χ4n) is 3.25. The first kappa shape index (κ1) is 15.7. The lowest BCUT2D eigenvalue weighted by molar-refractivity contribution is 0.524. The summed E-state index contributed by atoms with van der Waals surface area (Å²) < 4.78 is 0. The Morgan fingerprint density at radius 3 is 2.48 bits per heavy atom. The number of benzene rings is 1. The van der Waals surface area contributed by atoms with Crippen LogP contribution in [0.15, 0.2) is 47.3 Å². The molecule has 0 unspecified atom stereocenters. The average molecular weight is 309 g/mol. The maximum atomic E-state index is 2.49. The molecule has 1 aliphatic heterocycles. The van der Waals surface area contributed by atoms with Crippen LogP contribution in [-0.2, 0) is 0 Å². The predicted molar refractivity (Wildman–Crippen MR) is 101 cm³/mol. The van der Waals surface area contributed by atoms with Gasteiger partial charge in [-0.1, -0.05) is 19.1 Å². The molecule has 1 aromatic carbocycles. The molecule has 0 radical (unpaired) electrons. The van der Waals surface area contributed by atoms with Gasteiger partial charge in [-0.2, -0.15) is 0 Å². The summed E-state index contributed by atoms with van der Waals surface area (Å²) in [6, 6.07) is 6.77. The van der Waals surface area contributed by atoms with Crippen LogP contribution in [-0.4, -0.2) is 39.6 Å². The normalized spacial score (nSPS) is 16.0. The van der Waals surface area contributed by atoms with E-state index in [1.165, 1.54) is 33.9 Å². The minimum Gasteiger partial charge on any atom is -0.378 e. The minimum atomic E-state index is 1.01. The molecule has 3 rings (SSSR count). The fraction of sp³-hybridized carbons (Fsp3) is 0.400. The van der Waals surface area contributed by atoms with Gasteiger partial charge >= 0.3 is 0 Å². The van der Waals surface area contributed by atoms with Gasteiger partial charge in [0.2, 0.25) is 0 Å². The first-order chi connectivity index (χ1) is 11.0. The molecule has 1 aliphatic carbocycles. The van der Waals surface area contributed by atoms with E-state index in [1.54, 1.807) is 0 Å². The molecule has 0 saturated carbocycles. The van der Waals surface area contributed by atoms with Gasteiger partial charge in [-0.3, -0.25) is 0 Å². The van der Waals surface area contributed by atoms with E-state index in [4.69, 9.17) is 0 Å². The van der Waals surface area contributed by atoms with Gasteiger partial charge in [0, 0.05) is 51.8 Å². The topological polar surface area (TPSA) is 9.72 Å². The Morgan fingerprint density at radius 1 is 1.04 bits per heavy atom. The Labute approximate surface area is 140 Å². The van der Waals surface area contributed by atoms with Crippen LogP contribution in [0.3, 0.4) is 0 Å². The number of rotatable bonds is 4. The van der Waals surface area contributed by atoms with Gasteiger partial charge < -0.3 is 14.7 Å². The van der Waals surface area contributed by atoms with Crippen LogP contribution in [0.4, 0.5) is 11.4 Å². The fourth-order valence-corrected chi connectivity index (χ4v) is 3.25. The largest absolute Gasteiger partial charge is 0.378 e. The molecule has 0 bridgehead atoms. The van der Waals surface area contributed by atoms with Gasteiger partial charge in [0.05, 0.1) is 5.69 Å². The van der Waals surface area contributed by atoms with E-state index in [0.29, 0.717) is 0 Å². The molecule has 122 valence electrons. The number of nitrogens with zero attached hydrogens (tertiary/aromatic N) is 3. The number of likely N-dealkylation sites (N-methyl/N-ethyl adjacent to an activating group) is 1. The van der Waals surface area contributed by atoms with Crippen LogP contribution in [0, 0.1) is 0 Å².